The van der Waals surface area contributed by atoms with Crippen molar-refractivity contribution in [2.45, 2.75) is 20.1 Å². The maximum absolute atomic E-state index is 8.92. The highest BCUT2D eigenvalue weighted by atomic mass is 35.5. The van der Waals surface area contributed by atoms with Crippen LogP contribution in [0.3, 0.4) is 0 Å². The first-order valence-electron chi connectivity index (χ1n) is 4.71. The Morgan fingerprint density at radius 1 is 1.56 bits per heavy atom. The van der Waals surface area contributed by atoms with Crippen molar-refractivity contribution in [2.75, 3.05) is 0 Å². The van der Waals surface area contributed by atoms with Gasteiger partial charge in [0.1, 0.15) is 6.73 Å². The van der Waals surface area contributed by atoms with Gasteiger partial charge in [-0.2, -0.15) is 0 Å². The Bertz CT molecular complexity index is 422. The third-order valence-electron chi connectivity index (χ3n) is 1.88. The van der Waals surface area contributed by atoms with Crippen molar-refractivity contribution in [2.24, 2.45) is 0 Å². The van der Waals surface area contributed by atoms with Crippen LogP contribution in [0.15, 0.2) is 35.4 Å². The topological polar surface area (TPSA) is 63.8 Å². The maximum atomic E-state index is 8.92. The van der Waals surface area contributed by atoms with Crippen LogP contribution in [0.1, 0.15) is 12.7 Å². The molecular weight excluding hydrogens is 228 g/mol. The Hall–Kier alpha value is -1.46. The summed E-state index contributed by atoms with van der Waals surface area (Å²) in [6, 6.07) is 0. The second-order valence-corrected chi connectivity index (χ2v) is 3.51. The molecule has 0 aliphatic carbocycles. The lowest BCUT2D eigenvalue weighted by Gasteiger charge is -2.00. The quantitative estimate of drug-likeness (QED) is 0.791. The smallest absolute Gasteiger partial charge is 0.158 e. The summed E-state index contributed by atoms with van der Waals surface area (Å²) >= 11 is 5.80. The summed E-state index contributed by atoms with van der Waals surface area (Å²) in [5, 5.41) is 20.4. The molecule has 0 unspecified atom stereocenters. The second-order valence-electron chi connectivity index (χ2n) is 3.08. The molecule has 0 fully saturated rings. The fourth-order valence-electron chi connectivity index (χ4n) is 1.02. The highest BCUT2D eigenvalue weighted by Gasteiger charge is 2.04. The van der Waals surface area contributed by atoms with Gasteiger partial charge in [0.15, 0.2) is 5.82 Å². The van der Waals surface area contributed by atoms with E-state index in [1.54, 1.807) is 18.2 Å². The van der Waals surface area contributed by atoms with E-state index in [0.717, 1.165) is 5.57 Å². The monoisotopic (exact) mass is 240 g/mol. The lowest BCUT2D eigenvalue weighted by Crippen LogP contribution is -2.05. The van der Waals surface area contributed by atoms with Crippen LogP contribution >= 0.6 is 11.6 Å². The van der Waals surface area contributed by atoms with Crippen LogP contribution in [-0.2, 0) is 13.2 Å². The van der Waals surface area contributed by atoms with Crippen LogP contribution in [0.2, 0.25) is 0 Å². The van der Waals surface area contributed by atoms with Gasteiger partial charge in [-0.1, -0.05) is 30.3 Å². The summed E-state index contributed by atoms with van der Waals surface area (Å²) in [6.45, 7) is 5.46. The molecule has 0 aliphatic heterocycles. The van der Waals surface area contributed by atoms with Gasteiger partial charge in [-0.3, -0.25) is 0 Å². The van der Waals surface area contributed by atoms with Crippen molar-refractivity contribution in [3.63, 3.8) is 0 Å². The molecule has 0 aliphatic rings. The van der Waals surface area contributed by atoms with Crippen LogP contribution in [0.4, 0.5) is 0 Å². The van der Waals surface area contributed by atoms with Crippen LogP contribution in [0.5, 0.6) is 0 Å². The Kier molecular flexibility index (Phi) is 4.88. The highest BCUT2D eigenvalue weighted by molar-refractivity contribution is 6.31. The molecule has 1 aromatic heterocycles. The minimum Gasteiger partial charge on any atom is -0.374 e. The number of allylic oxidation sites excluding steroid dienone is 5. The fraction of sp³-hybridized carbons (Fsp3) is 0.300. The molecule has 0 aromatic carbocycles. The SMILES string of the molecule is C=C(/C=C\C(Cl)=C/C)Cc1nnnn1CO. The molecule has 6 heteroatoms. The fourth-order valence-corrected chi connectivity index (χ4v) is 1.08. The van der Waals surface area contributed by atoms with E-state index < -0.39 is 0 Å². The van der Waals surface area contributed by atoms with E-state index >= 15 is 0 Å². The van der Waals surface area contributed by atoms with Crippen LogP contribution in [0, 0.1) is 0 Å². The summed E-state index contributed by atoms with van der Waals surface area (Å²) in [7, 11) is 0. The molecule has 0 amide bonds. The standard InChI is InChI=1S/C10H13ClN4O/c1-3-9(11)5-4-8(2)6-10-12-13-14-15(10)7-16/h3-5,16H,2,6-7H2,1H3/b5-4-,9-3+. The van der Waals surface area contributed by atoms with E-state index in [0.29, 0.717) is 17.3 Å². The molecule has 0 bridgehead atoms. The lowest BCUT2D eigenvalue weighted by atomic mass is 10.2. The van der Waals surface area contributed by atoms with Crippen molar-refractivity contribution in [3.05, 3.63) is 41.2 Å². The molecule has 16 heavy (non-hydrogen) atoms. The first kappa shape index (κ1) is 12.6. The number of hydrogen-bond donors (Lipinski definition) is 1. The van der Waals surface area contributed by atoms with Crippen LogP contribution in [-0.4, -0.2) is 25.3 Å². The predicted octanol–water partition coefficient (Wildman–Crippen LogP) is 1.42. The number of rotatable bonds is 5. The summed E-state index contributed by atoms with van der Waals surface area (Å²) in [6.07, 6.45) is 5.79. The van der Waals surface area contributed by atoms with Crippen molar-refractivity contribution in [1.82, 2.24) is 20.2 Å². The first-order valence-corrected chi connectivity index (χ1v) is 5.08. The van der Waals surface area contributed by atoms with Crippen LogP contribution in [0.25, 0.3) is 0 Å². The van der Waals surface area contributed by atoms with Crippen molar-refractivity contribution >= 4 is 11.6 Å². The summed E-state index contributed by atoms with van der Waals surface area (Å²) in [4.78, 5) is 0. The molecule has 1 rings (SSSR count). The van der Waals surface area contributed by atoms with Crippen LogP contribution < -0.4 is 0 Å². The number of aromatic nitrogens is 4. The number of hydrogen-bond acceptors (Lipinski definition) is 4. The largest absolute Gasteiger partial charge is 0.374 e. The van der Waals surface area contributed by atoms with Gasteiger partial charge in [-0.15, -0.1) is 5.10 Å². The van der Waals surface area contributed by atoms with Gasteiger partial charge < -0.3 is 5.11 Å². The average Bonchev–Trinajstić information content (AvgIpc) is 2.73. The van der Waals surface area contributed by atoms with Gasteiger partial charge in [0.2, 0.25) is 0 Å². The molecule has 0 atom stereocenters. The Labute approximate surface area is 98.7 Å². The predicted molar refractivity (Wildman–Crippen MR) is 61.6 cm³/mol. The number of halogens is 1. The molecule has 5 nitrogen and oxygen atoms in total. The molecule has 1 heterocycles. The molecule has 0 radical (unpaired) electrons. The molecule has 1 N–H and O–H groups in total. The minimum absolute atomic E-state index is 0.241. The summed E-state index contributed by atoms with van der Waals surface area (Å²) in [5.41, 5.74) is 0.810. The van der Waals surface area contributed by atoms with Gasteiger partial charge in [0, 0.05) is 11.5 Å². The summed E-state index contributed by atoms with van der Waals surface area (Å²) < 4.78 is 1.30. The molecule has 0 saturated heterocycles. The van der Waals surface area contributed by atoms with E-state index in [1.165, 1.54) is 4.68 Å². The average molecular weight is 241 g/mol. The zero-order chi connectivity index (χ0) is 12.0. The Morgan fingerprint density at radius 2 is 2.31 bits per heavy atom. The zero-order valence-corrected chi connectivity index (χ0v) is 9.72. The molecule has 0 spiro atoms. The molecule has 1 aromatic rings. The third kappa shape index (κ3) is 3.60. The van der Waals surface area contributed by atoms with E-state index in [2.05, 4.69) is 22.1 Å². The zero-order valence-electron chi connectivity index (χ0n) is 8.97. The Morgan fingerprint density at radius 3 is 2.94 bits per heavy atom. The number of tetrazole rings is 1. The lowest BCUT2D eigenvalue weighted by molar-refractivity contribution is 0.189. The van der Waals surface area contributed by atoms with Crippen molar-refractivity contribution in [3.8, 4) is 0 Å². The second kappa shape index (κ2) is 6.19. The third-order valence-corrected chi connectivity index (χ3v) is 2.22. The molecular formula is C10H13ClN4O. The van der Waals surface area contributed by atoms with Crippen molar-refractivity contribution in [1.29, 1.82) is 0 Å². The number of aliphatic hydroxyl groups excluding tert-OH is 1. The molecule has 0 saturated carbocycles. The van der Waals surface area contributed by atoms with E-state index in [4.69, 9.17) is 16.7 Å². The highest BCUT2D eigenvalue weighted by Crippen LogP contribution is 2.08. The van der Waals surface area contributed by atoms with Gasteiger partial charge in [-0.25, -0.2) is 4.68 Å². The van der Waals surface area contributed by atoms with Gasteiger partial charge in [0.25, 0.3) is 0 Å². The molecule has 86 valence electrons. The van der Waals surface area contributed by atoms with E-state index in [1.807, 2.05) is 6.92 Å². The van der Waals surface area contributed by atoms with Gasteiger partial charge in [-0.05, 0) is 29.0 Å². The van der Waals surface area contributed by atoms with Crippen molar-refractivity contribution < 1.29 is 5.11 Å². The van der Waals surface area contributed by atoms with Gasteiger partial charge in [0.05, 0.1) is 0 Å². The van der Waals surface area contributed by atoms with Gasteiger partial charge >= 0.3 is 0 Å². The summed E-state index contributed by atoms with van der Waals surface area (Å²) in [5.74, 6) is 0.564. The maximum Gasteiger partial charge on any atom is 0.158 e. The Balaban J connectivity index is 2.62. The number of nitrogens with zero attached hydrogens (tertiary/aromatic N) is 4. The van der Waals surface area contributed by atoms with E-state index in [-0.39, 0.29) is 6.73 Å². The first-order chi connectivity index (χ1) is 7.67. The number of aliphatic hydroxyl groups is 1. The normalized spacial score (nSPS) is 12.3. The van der Waals surface area contributed by atoms with E-state index in [9.17, 15) is 0 Å². The minimum atomic E-state index is -0.241.